The molecule has 0 bridgehead atoms. The Kier molecular flexibility index (Phi) is 6.22. The van der Waals surface area contributed by atoms with Gasteiger partial charge in [0.2, 0.25) is 5.95 Å². The van der Waals surface area contributed by atoms with Crippen LogP contribution < -0.4 is 15.5 Å². The maximum absolute atomic E-state index is 11.9. The molecule has 3 aromatic rings. The number of urea groups is 1. The average Bonchev–Trinajstić information content (AvgIpc) is 3.07. The summed E-state index contributed by atoms with van der Waals surface area (Å²) in [4.78, 5) is 23.5. The Hall–Kier alpha value is -3.42. The molecule has 0 unspecified atom stereocenters. The molecule has 156 valence electrons. The van der Waals surface area contributed by atoms with Gasteiger partial charge >= 0.3 is 6.03 Å². The molecule has 8 nitrogen and oxygen atoms in total. The average molecular weight is 406 g/mol. The smallest absolute Gasteiger partial charge is 0.319 e. The van der Waals surface area contributed by atoms with Crippen molar-refractivity contribution in [2.75, 3.05) is 16.8 Å². The Morgan fingerprint density at radius 3 is 2.67 bits per heavy atom. The summed E-state index contributed by atoms with van der Waals surface area (Å²) >= 11 is 0. The SMILES string of the molecule is C=CCNC(=O)Nc1ccc(N(c2ncc3cn[nH]c3n2)C2CCCCCC2)cc1. The molecule has 0 saturated heterocycles. The minimum absolute atomic E-state index is 0.253. The fourth-order valence-electron chi connectivity index (χ4n) is 3.90. The van der Waals surface area contributed by atoms with Crippen LogP contribution in [-0.4, -0.2) is 38.8 Å². The van der Waals surface area contributed by atoms with Crippen LogP contribution in [-0.2, 0) is 0 Å². The van der Waals surface area contributed by atoms with E-state index in [-0.39, 0.29) is 6.03 Å². The quantitative estimate of drug-likeness (QED) is 0.414. The van der Waals surface area contributed by atoms with Gasteiger partial charge in [-0.3, -0.25) is 5.10 Å². The van der Waals surface area contributed by atoms with E-state index in [2.05, 4.69) is 37.3 Å². The molecule has 30 heavy (non-hydrogen) atoms. The third kappa shape index (κ3) is 4.59. The molecule has 4 rings (SSSR count). The standard InChI is InChI=1S/C22H27N7O/c1-2-13-23-22(30)26-17-9-11-19(12-10-17)29(18-7-5-3-4-6-8-18)21-24-14-16-15-25-28-20(16)27-21/h2,9-12,14-15,18H,1,3-8,13H2,(H2,23,26,30)(H,24,25,27,28). The molecule has 3 N–H and O–H groups in total. The van der Waals surface area contributed by atoms with E-state index in [1.165, 1.54) is 25.7 Å². The molecule has 1 fully saturated rings. The number of anilines is 3. The summed E-state index contributed by atoms with van der Waals surface area (Å²) in [6.07, 6.45) is 12.3. The van der Waals surface area contributed by atoms with Crippen LogP contribution in [0.5, 0.6) is 0 Å². The van der Waals surface area contributed by atoms with Gasteiger partial charge in [0, 0.05) is 30.2 Å². The topological polar surface area (TPSA) is 98.8 Å². The number of H-pyrrole nitrogens is 1. The number of aromatic nitrogens is 4. The fourth-order valence-corrected chi connectivity index (χ4v) is 3.90. The van der Waals surface area contributed by atoms with Crippen LogP contribution in [0.15, 0.2) is 49.3 Å². The first-order chi connectivity index (χ1) is 14.7. The second-order valence-electron chi connectivity index (χ2n) is 7.53. The maximum Gasteiger partial charge on any atom is 0.319 e. The monoisotopic (exact) mass is 405 g/mol. The Labute approximate surface area is 175 Å². The van der Waals surface area contributed by atoms with Crippen LogP contribution in [0.2, 0.25) is 0 Å². The number of aromatic amines is 1. The van der Waals surface area contributed by atoms with E-state index >= 15 is 0 Å². The number of amides is 2. The van der Waals surface area contributed by atoms with Gasteiger partial charge in [0.15, 0.2) is 5.65 Å². The number of fused-ring (bicyclic) bond motifs is 1. The summed E-state index contributed by atoms with van der Waals surface area (Å²) in [6.45, 7) is 4.02. The number of rotatable bonds is 6. The molecule has 2 aromatic heterocycles. The predicted molar refractivity (Wildman–Crippen MR) is 119 cm³/mol. The summed E-state index contributed by atoms with van der Waals surface area (Å²) in [5.74, 6) is 0.670. The van der Waals surface area contributed by atoms with E-state index in [0.29, 0.717) is 18.5 Å². The molecule has 0 aliphatic heterocycles. The Morgan fingerprint density at radius 1 is 1.17 bits per heavy atom. The van der Waals surface area contributed by atoms with Crippen molar-refractivity contribution in [3.05, 3.63) is 49.3 Å². The molecule has 0 atom stereocenters. The number of hydrogen-bond acceptors (Lipinski definition) is 5. The van der Waals surface area contributed by atoms with Crippen LogP contribution in [0.4, 0.5) is 22.1 Å². The molecule has 1 aliphatic carbocycles. The number of benzene rings is 1. The van der Waals surface area contributed by atoms with Crippen molar-refractivity contribution in [2.45, 2.75) is 44.6 Å². The van der Waals surface area contributed by atoms with E-state index in [4.69, 9.17) is 4.98 Å². The summed E-state index contributed by atoms with van der Waals surface area (Å²) in [7, 11) is 0. The highest BCUT2D eigenvalue weighted by atomic mass is 16.2. The Morgan fingerprint density at radius 2 is 1.93 bits per heavy atom. The van der Waals surface area contributed by atoms with Gasteiger partial charge in [-0.15, -0.1) is 6.58 Å². The zero-order valence-corrected chi connectivity index (χ0v) is 17.0. The highest BCUT2D eigenvalue weighted by molar-refractivity contribution is 5.89. The van der Waals surface area contributed by atoms with Gasteiger partial charge in [-0.1, -0.05) is 31.8 Å². The van der Waals surface area contributed by atoms with Crippen molar-refractivity contribution >= 4 is 34.4 Å². The summed E-state index contributed by atoms with van der Waals surface area (Å²) in [6, 6.07) is 7.91. The van der Waals surface area contributed by atoms with Crippen molar-refractivity contribution in [2.24, 2.45) is 0 Å². The summed E-state index contributed by atoms with van der Waals surface area (Å²) < 4.78 is 0. The largest absolute Gasteiger partial charge is 0.334 e. The van der Waals surface area contributed by atoms with Gasteiger partial charge in [0.1, 0.15) is 0 Å². The molecule has 8 heteroatoms. The molecule has 1 aliphatic rings. The Bertz CT molecular complexity index is 990. The lowest BCUT2D eigenvalue weighted by atomic mass is 10.1. The lowest BCUT2D eigenvalue weighted by Crippen LogP contribution is -2.32. The van der Waals surface area contributed by atoms with Crippen LogP contribution >= 0.6 is 0 Å². The normalized spacial score (nSPS) is 14.8. The second kappa shape index (κ2) is 9.39. The zero-order valence-electron chi connectivity index (χ0n) is 17.0. The lowest BCUT2D eigenvalue weighted by molar-refractivity contribution is 0.253. The van der Waals surface area contributed by atoms with Crippen molar-refractivity contribution in [3.8, 4) is 0 Å². The van der Waals surface area contributed by atoms with Crippen LogP contribution in [0.3, 0.4) is 0 Å². The molecular weight excluding hydrogens is 378 g/mol. The van der Waals surface area contributed by atoms with E-state index in [0.717, 1.165) is 35.2 Å². The first-order valence-corrected chi connectivity index (χ1v) is 10.5. The minimum atomic E-state index is -0.253. The van der Waals surface area contributed by atoms with Crippen molar-refractivity contribution in [1.82, 2.24) is 25.5 Å². The molecule has 2 heterocycles. The molecular formula is C22H27N7O. The van der Waals surface area contributed by atoms with Crippen LogP contribution in [0.25, 0.3) is 11.0 Å². The summed E-state index contributed by atoms with van der Waals surface area (Å²) in [5.41, 5.74) is 2.47. The number of hydrogen-bond donors (Lipinski definition) is 3. The first kappa shape index (κ1) is 19.9. The summed E-state index contributed by atoms with van der Waals surface area (Å²) in [5, 5.41) is 13.4. The van der Waals surface area contributed by atoms with E-state index in [9.17, 15) is 4.79 Å². The fraction of sp³-hybridized carbons (Fsp3) is 0.364. The zero-order chi connectivity index (χ0) is 20.8. The minimum Gasteiger partial charge on any atom is -0.334 e. The molecule has 2 amide bonds. The number of nitrogens with zero attached hydrogens (tertiary/aromatic N) is 4. The van der Waals surface area contributed by atoms with Gasteiger partial charge in [-0.2, -0.15) is 10.1 Å². The van der Waals surface area contributed by atoms with Crippen molar-refractivity contribution in [1.29, 1.82) is 0 Å². The predicted octanol–water partition coefficient (Wildman–Crippen LogP) is 4.52. The van der Waals surface area contributed by atoms with Crippen molar-refractivity contribution < 1.29 is 4.79 Å². The van der Waals surface area contributed by atoms with E-state index in [1.807, 2.05) is 30.5 Å². The number of carbonyl (C=O) groups excluding carboxylic acids is 1. The highest BCUT2D eigenvalue weighted by Crippen LogP contribution is 2.32. The third-order valence-corrected chi connectivity index (χ3v) is 5.39. The van der Waals surface area contributed by atoms with E-state index in [1.54, 1.807) is 12.3 Å². The molecule has 0 spiro atoms. The maximum atomic E-state index is 11.9. The van der Waals surface area contributed by atoms with Gasteiger partial charge in [0.25, 0.3) is 0 Å². The van der Waals surface area contributed by atoms with Crippen LogP contribution in [0.1, 0.15) is 38.5 Å². The van der Waals surface area contributed by atoms with Gasteiger partial charge in [0.05, 0.1) is 11.6 Å². The van der Waals surface area contributed by atoms with Gasteiger partial charge in [-0.05, 0) is 37.1 Å². The lowest BCUT2D eigenvalue weighted by Gasteiger charge is -2.31. The van der Waals surface area contributed by atoms with Crippen LogP contribution in [0, 0.1) is 0 Å². The first-order valence-electron chi connectivity index (χ1n) is 10.5. The Balaban J connectivity index is 1.61. The third-order valence-electron chi connectivity index (χ3n) is 5.39. The highest BCUT2D eigenvalue weighted by Gasteiger charge is 2.24. The van der Waals surface area contributed by atoms with E-state index < -0.39 is 0 Å². The van der Waals surface area contributed by atoms with Gasteiger partial charge < -0.3 is 15.5 Å². The number of nitrogens with one attached hydrogen (secondary N) is 3. The van der Waals surface area contributed by atoms with Crippen molar-refractivity contribution in [3.63, 3.8) is 0 Å². The number of carbonyl (C=O) groups is 1. The molecule has 1 saturated carbocycles. The molecule has 1 aromatic carbocycles. The van der Waals surface area contributed by atoms with Gasteiger partial charge in [-0.25, -0.2) is 9.78 Å². The molecule has 0 radical (unpaired) electrons. The second-order valence-corrected chi connectivity index (χ2v) is 7.53.